The Kier molecular flexibility index (Phi) is 5.93. The van der Waals surface area contributed by atoms with Crippen molar-refractivity contribution in [2.45, 2.75) is 19.6 Å². The molecule has 1 aromatic heterocycles. The third-order valence-corrected chi connectivity index (χ3v) is 4.42. The zero-order valence-electron chi connectivity index (χ0n) is 15.9. The summed E-state index contributed by atoms with van der Waals surface area (Å²) in [5, 5.41) is 0. The Labute approximate surface area is 162 Å². The number of oxazole rings is 1. The van der Waals surface area contributed by atoms with Gasteiger partial charge in [0.05, 0.1) is 13.2 Å². The second-order valence-electron chi connectivity index (χ2n) is 6.24. The van der Waals surface area contributed by atoms with Crippen molar-refractivity contribution in [3.8, 4) is 11.5 Å². The Morgan fingerprint density at radius 3 is 2.68 bits per heavy atom. The maximum Gasteiger partial charge on any atom is 0.276 e. The number of aromatic nitrogens is 1. The van der Waals surface area contributed by atoms with Gasteiger partial charge in [-0.1, -0.05) is 12.1 Å². The third kappa shape index (κ3) is 4.49. The number of hydrogen-bond acceptors (Lipinski definition) is 5. The van der Waals surface area contributed by atoms with Gasteiger partial charge in [-0.15, -0.1) is 0 Å². The first-order chi connectivity index (χ1) is 13.5. The Bertz CT molecular complexity index is 940. The lowest BCUT2D eigenvalue weighted by Gasteiger charge is -2.24. The molecule has 0 unspecified atom stereocenters. The molecule has 3 aromatic rings. The summed E-state index contributed by atoms with van der Waals surface area (Å²) in [7, 11) is 3.30. The van der Waals surface area contributed by atoms with E-state index in [4.69, 9.17) is 13.9 Å². The number of carbonyl (C=O) groups excluding carboxylic acids is 1. The predicted molar refractivity (Wildman–Crippen MR) is 101 cm³/mol. The van der Waals surface area contributed by atoms with Gasteiger partial charge in [0, 0.05) is 7.05 Å². The molecule has 0 aliphatic heterocycles. The molecule has 0 saturated carbocycles. The number of carbonyl (C=O) groups is 1. The van der Waals surface area contributed by atoms with Crippen LogP contribution in [0.2, 0.25) is 0 Å². The first-order valence-electron chi connectivity index (χ1n) is 8.72. The average Bonchev–Trinajstić information content (AvgIpc) is 3.20. The predicted octanol–water partition coefficient (Wildman–Crippen LogP) is 4.23. The van der Waals surface area contributed by atoms with E-state index >= 15 is 0 Å². The summed E-state index contributed by atoms with van der Waals surface area (Å²) in [6, 6.07) is 13.0. The number of rotatable bonds is 7. The van der Waals surface area contributed by atoms with Crippen LogP contribution >= 0.6 is 0 Å². The molecule has 0 radical (unpaired) electrons. The molecule has 0 aliphatic rings. The standard InChI is InChI=1S/C21H21FN2O4/c1-14(15-5-4-6-18(11-15)26-3)24(2)21(25)19-12-28-20(23-19)13-27-17-9-7-16(22)8-10-17/h4-12,14H,13H2,1-3H3/t14-/m1/s1. The number of amides is 1. The molecule has 1 amide bonds. The highest BCUT2D eigenvalue weighted by Gasteiger charge is 2.22. The molecule has 0 fully saturated rings. The van der Waals surface area contributed by atoms with E-state index in [0.29, 0.717) is 5.75 Å². The van der Waals surface area contributed by atoms with Gasteiger partial charge in [-0.3, -0.25) is 4.79 Å². The fraction of sp³-hybridized carbons (Fsp3) is 0.238. The summed E-state index contributed by atoms with van der Waals surface area (Å²) in [4.78, 5) is 18.5. The number of hydrogen-bond donors (Lipinski definition) is 0. The molecule has 3 rings (SSSR count). The van der Waals surface area contributed by atoms with Crippen molar-refractivity contribution >= 4 is 5.91 Å². The number of methoxy groups -OCH3 is 1. The van der Waals surface area contributed by atoms with Crippen molar-refractivity contribution in [1.82, 2.24) is 9.88 Å². The zero-order valence-corrected chi connectivity index (χ0v) is 15.9. The molecule has 1 heterocycles. The zero-order chi connectivity index (χ0) is 20.1. The molecule has 6 nitrogen and oxygen atoms in total. The lowest BCUT2D eigenvalue weighted by atomic mass is 10.1. The second-order valence-corrected chi connectivity index (χ2v) is 6.24. The Balaban J connectivity index is 1.64. The van der Waals surface area contributed by atoms with Crippen LogP contribution < -0.4 is 9.47 Å². The van der Waals surface area contributed by atoms with Crippen LogP contribution in [-0.4, -0.2) is 29.9 Å². The van der Waals surface area contributed by atoms with Crippen LogP contribution in [0.4, 0.5) is 4.39 Å². The lowest BCUT2D eigenvalue weighted by molar-refractivity contribution is 0.0736. The van der Waals surface area contributed by atoms with E-state index in [-0.39, 0.29) is 36.0 Å². The molecular weight excluding hydrogens is 363 g/mol. The largest absolute Gasteiger partial charge is 0.497 e. The highest BCUT2D eigenvalue weighted by Crippen LogP contribution is 2.24. The molecule has 1 atom stereocenters. The van der Waals surface area contributed by atoms with E-state index in [9.17, 15) is 9.18 Å². The van der Waals surface area contributed by atoms with Gasteiger partial charge in [0.15, 0.2) is 12.3 Å². The summed E-state index contributed by atoms with van der Waals surface area (Å²) in [6.07, 6.45) is 1.31. The van der Waals surface area contributed by atoms with Crippen LogP contribution in [0.1, 0.15) is 34.9 Å². The van der Waals surface area contributed by atoms with Crippen LogP contribution in [0.15, 0.2) is 59.2 Å². The smallest absolute Gasteiger partial charge is 0.276 e. The van der Waals surface area contributed by atoms with Crippen LogP contribution in [0.25, 0.3) is 0 Å². The third-order valence-electron chi connectivity index (χ3n) is 4.42. The van der Waals surface area contributed by atoms with Crippen molar-refractivity contribution in [2.75, 3.05) is 14.2 Å². The van der Waals surface area contributed by atoms with E-state index in [1.807, 2.05) is 31.2 Å². The SMILES string of the molecule is COc1cccc([C@@H](C)N(C)C(=O)c2coc(COc3ccc(F)cc3)n2)c1. The van der Waals surface area contributed by atoms with Gasteiger partial charge in [-0.05, 0) is 48.9 Å². The highest BCUT2D eigenvalue weighted by molar-refractivity contribution is 5.92. The monoisotopic (exact) mass is 384 g/mol. The van der Waals surface area contributed by atoms with Crippen molar-refractivity contribution < 1.29 is 23.1 Å². The maximum absolute atomic E-state index is 12.9. The lowest BCUT2D eigenvalue weighted by Crippen LogP contribution is -2.30. The number of nitrogens with zero attached hydrogens (tertiary/aromatic N) is 2. The Morgan fingerprint density at radius 1 is 1.21 bits per heavy atom. The second kappa shape index (κ2) is 8.56. The summed E-state index contributed by atoms with van der Waals surface area (Å²) < 4.78 is 29.0. The first kappa shape index (κ1) is 19.4. The minimum atomic E-state index is -0.343. The molecule has 2 aromatic carbocycles. The van der Waals surface area contributed by atoms with Crippen LogP contribution in [-0.2, 0) is 6.61 Å². The molecule has 0 aliphatic carbocycles. The number of ether oxygens (including phenoxy) is 2. The van der Waals surface area contributed by atoms with Crippen molar-refractivity contribution in [1.29, 1.82) is 0 Å². The first-order valence-corrected chi connectivity index (χ1v) is 8.72. The fourth-order valence-electron chi connectivity index (χ4n) is 2.63. The van der Waals surface area contributed by atoms with Gasteiger partial charge in [0.1, 0.15) is 23.6 Å². The fourth-order valence-corrected chi connectivity index (χ4v) is 2.63. The summed E-state index contributed by atoms with van der Waals surface area (Å²) in [5.74, 6) is 0.856. The van der Waals surface area contributed by atoms with Crippen molar-refractivity contribution in [3.63, 3.8) is 0 Å². The Hall–Kier alpha value is -3.35. The van der Waals surface area contributed by atoms with Gasteiger partial charge < -0.3 is 18.8 Å². The average molecular weight is 384 g/mol. The van der Waals surface area contributed by atoms with Gasteiger partial charge in [-0.2, -0.15) is 0 Å². The molecular formula is C21H21FN2O4. The normalized spacial score (nSPS) is 11.7. The minimum Gasteiger partial charge on any atom is -0.497 e. The minimum absolute atomic E-state index is 0.0358. The van der Waals surface area contributed by atoms with Crippen LogP contribution in [0, 0.1) is 5.82 Å². The molecule has 146 valence electrons. The van der Waals surface area contributed by atoms with Gasteiger partial charge in [0.2, 0.25) is 5.89 Å². The maximum atomic E-state index is 12.9. The molecule has 0 spiro atoms. The van der Waals surface area contributed by atoms with Crippen molar-refractivity contribution in [2.24, 2.45) is 0 Å². The molecule has 0 saturated heterocycles. The Morgan fingerprint density at radius 2 is 1.96 bits per heavy atom. The van der Waals surface area contributed by atoms with E-state index < -0.39 is 0 Å². The van der Waals surface area contributed by atoms with E-state index in [1.54, 1.807) is 19.1 Å². The van der Waals surface area contributed by atoms with Crippen molar-refractivity contribution in [3.05, 3.63) is 77.8 Å². The van der Waals surface area contributed by atoms with E-state index in [2.05, 4.69) is 4.98 Å². The van der Waals surface area contributed by atoms with Gasteiger partial charge in [-0.25, -0.2) is 9.37 Å². The number of halogens is 1. The molecule has 0 N–H and O–H groups in total. The molecule has 28 heavy (non-hydrogen) atoms. The summed E-state index contributed by atoms with van der Waals surface area (Å²) in [6.45, 7) is 1.96. The van der Waals surface area contributed by atoms with Crippen LogP contribution in [0.3, 0.4) is 0 Å². The quantitative estimate of drug-likeness (QED) is 0.610. The van der Waals surface area contributed by atoms with Gasteiger partial charge >= 0.3 is 0 Å². The molecule has 7 heteroatoms. The molecule has 0 bridgehead atoms. The summed E-state index contributed by atoms with van der Waals surface area (Å²) >= 11 is 0. The highest BCUT2D eigenvalue weighted by atomic mass is 19.1. The van der Waals surface area contributed by atoms with E-state index in [0.717, 1.165) is 11.3 Å². The topological polar surface area (TPSA) is 64.8 Å². The van der Waals surface area contributed by atoms with Gasteiger partial charge in [0.25, 0.3) is 5.91 Å². The number of benzene rings is 2. The van der Waals surface area contributed by atoms with Crippen LogP contribution in [0.5, 0.6) is 11.5 Å². The summed E-state index contributed by atoms with van der Waals surface area (Å²) in [5.41, 5.74) is 1.13. The van der Waals surface area contributed by atoms with E-state index in [1.165, 1.54) is 30.5 Å².